The van der Waals surface area contributed by atoms with Gasteiger partial charge in [-0.25, -0.2) is 9.97 Å². The van der Waals surface area contributed by atoms with Crippen LogP contribution in [0, 0.1) is 0 Å². The first-order valence-electron chi connectivity index (χ1n) is 8.54. The first kappa shape index (κ1) is 15.8. The Morgan fingerprint density at radius 2 is 1.80 bits per heavy atom. The molecule has 0 saturated carbocycles. The first-order valence-corrected chi connectivity index (χ1v) is 8.54. The molecule has 0 spiro atoms. The number of likely N-dealkylation sites (tertiary alicyclic amines) is 1. The van der Waals surface area contributed by atoms with Crippen LogP contribution in [0.2, 0.25) is 0 Å². The fourth-order valence-corrected chi connectivity index (χ4v) is 3.03. The maximum Gasteiger partial charge on any atom is 0.316 e. The van der Waals surface area contributed by atoms with Crippen molar-refractivity contribution < 1.29 is 9.26 Å². The average Bonchev–Trinajstić information content (AvgIpc) is 3.14. The van der Waals surface area contributed by atoms with Gasteiger partial charge in [0, 0.05) is 37.1 Å². The largest absolute Gasteiger partial charge is 0.460 e. The van der Waals surface area contributed by atoms with Crippen LogP contribution in [0.25, 0.3) is 11.3 Å². The topological polar surface area (TPSA) is 64.3 Å². The molecule has 1 aromatic carbocycles. The standard InChI is InChI=1S/C19H20N4O2/c1-2-5-15(6-3-1)18-13-17(25-22-18)14-23-11-7-16(8-12-23)24-19-20-9-4-10-21-19/h1-6,9-10,13,16H,7-8,11-12,14H2. The van der Waals surface area contributed by atoms with Crippen LogP contribution in [0.4, 0.5) is 0 Å². The highest BCUT2D eigenvalue weighted by Crippen LogP contribution is 2.21. The van der Waals surface area contributed by atoms with Crippen LogP contribution in [0.15, 0.2) is 59.4 Å². The van der Waals surface area contributed by atoms with E-state index in [1.807, 2.05) is 36.4 Å². The van der Waals surface area contributed by atoms with Crippen molar-refractivity contribution in [1.29, 1.82) is 0 Å². The van der Waals surface area contributed by atoms with Crippen molar-refractivity contribution in [3.8, 4) is 17.3 Å². The summed E-state index contributed by atoms with van der Waals surface area (Å²) in [6.07, 6.45) is 5.49. The van der Waals surface area contributed by atoms with E-state index in [2.05, 4.69) is 20.0 Å². The van der Waals surface area contributed by atoms with Gasteiger partial charge in [-0.15, -0.1) is 0 Å². The summed E-state index contributed by atoms with van der Waals surface area (Å²) in [5, 5.41) is 4.18. The highest BCUT2D eigenvalue weighted by Gasteiger charge is 2.22. The fourth-order valence-electron chi connectivity index (χ4n) is 3.03. The number of aromatic nitrogens is 3. The Balaban J connectivity index is 1.30. The number of piperidine rings is 1. The van der Waals surface area contributed by atoms with Gasteiger partial charge in [0.1, 0.15) is 11.8 Å². The SMILES string of the molecule is c1ccc(-c2cc(CN3CCC(Oc4ncccn4)CC3)on2)cc1. The summed E-state index contributed by atoms with van der Waals surface area (Å²) in [5.74, 6) is 0.893. The zero-order chi connectivity index (χ0) is 16.9. The minimum absolute atomic E-state index is 0.174. The number of nitrogens with zero attached hydrogens (tertiary/aromatic N) is 4. The molecule has 0 bridgehead atoms. The third-order valence-electron chi connectivity index (χ3n) is 4.36. The lowest BCUT2D eigenvalue weighted by molar-refractivity contribution is 0.0845. The second-order valence-electron chi connectivity index (χ2n) is 6.17. The summed E-state index contributed by atoms with van der Waals surface area (Å²) < 4.78 is 11.3. The Labute approximate surface area is 146 Å². The van der Waals surface area contributed by atoms with Crippen molar-refractivity contribution in [1.82, 2.24) is 20.0 Å². The van der Waals surface area contributed by atoms with Gasteiger partial charge in [-0.05, 0) is 18.9 Å². The molecule has 6 heteroatoms. The van der Waals surface area contributed by atoms with Gasteiger partial charge in [0.2, 0.25) is 0 Å². The van der Waals surface area contributed by atoms with Crippen LogP contribution in [0.1, 0.15) is 18.6 Å². The minimum atomic E-state index is 0.174. The highest BCUT2D eigenvalue weighted by molar-refractivity contribution is 5.58. The molecule has 1 saturated heterocycles. The smallest absolute Gasteiger partial charge is 0.316 e. The molecule has 128 valence electrons. The lowest BCUT2D eigenvalue weighted by Crippen LogP contribution is -2.37. The monoisotopic (exact) mass is 336 g/mol. The van der Waals surface area contributed by atoms with Gasteiger partial charge in [0.25, 0.3) is 0 Å². The summed E-state index contributed by atoms with van der Waals surface area (Å²) in [7, 11) is 0. The molecule has 0 aliphatic carbocycles. The summed E-state index contributed by atoms with van der Waals surface area (Å²) in [5.41, 5.74) is 1.96. The van der Waals surface area contributed by atoms with Crippen molar-refractivity contribution in [2.45, 2.75) is 25.5 Å². The average molecular weight is 336 g/mol. The third-order valence-corrected chi connectivity index (χ3v) is 4.36. The van der Waals surface area contributed by atoms with Gasteiger partial charge in [0.15, 0.2) is 5.76 Å². The molecule has 1 aliphatic rings. The Hall–Kier alpha value is -2.73. The Morgan fingerprint density at radius 3 is 2.56 bits per heavy atom. The van der Waals surface area contributed by atoms with E-state index in [0.29, 0.717) is 6.01 Å². The maximum absolute atomic E-state index is 5.83. The van der Waals surface area contributed by atoms with Crippen LogP contribution in [-0.2, 0) is 6.54 Å². The van der Waals surface area contributed by atoms with E-state index < -0.39 is 0 Å². The van der Waals surface area contributed by atoms with Gasteiger partial charge in [-0.2, -0.15) is 0 Å². The van der Waals surface area contributed by atoms with Crippen molar-refractivity contribution in [3.05, 3.63) is 60.6 Å². The lowest BCUT2D eigenvalue weighted by atomic mass is 10.1. The van der Waals surface area contributed by atoms with Crippen molar-refractivity contribution in [2.75, 3.05) is 13.1 Å². The Bertz CT molecular complexity index is 783. The predicted octanol–water partition coefficient (Wildman–Crippen LogP) is 3.18. The zero-order valence-corrected chi connectivity index (χ0v) is 13.9. The van der Waals surface area contributed by atoms with Crippen LogP contribution >= 0.6 is 0 Å². The van der Waals surface area contributed by atoms with Crippen molar-refractivity contribution in [2.24, 2.45) is 0 Å². The molecule has 4 rings (SSSR count). The molecule has 0 amide bonds. The van der Waals surface area contributed by atoms with E-state index in [4.69, 9.17) is 9.26 Å². The van der Waals surface area contributed by atoms with E-state index in [-0.39, 0.29) is 6.10 Å². The molecule has 2 aromatic heterocycles. The molecular formula is C19H20N4O2. The zero-order valence-electron chi connectivity index (χ0n) is 13.9. The van der Waals surface area contributed by atoms with Crippen molar-refractivity contribution >= 4 is 0 Å². The van der Waals surface area contributed by atoms with E-state index >= 15 is 0 Å². The molecule has 0 unspecified atom stereocenters. The highest BCUT2D eigenvalue weighted by atomic mass is 16.5. The van der Waals surface area contributed by atoms with Crippen LogP contribution in [0.5, 0.6) is 6.01 Å². The second-order valence-corrected chi connectivity index (χ2v) is 6.17. The van der Waals surface area contributed by atoms with Gasteiger partial charge < -0.3 is 9.26 Å². The maximum atomic E-state index is 5.83. The molecule has 1 aliphatic heterocycles. The number of hydrogen-bond donors (Lipinski definition) is 0. The lowest BCUT2D eigenvalue weighted by Gasteiger charge is -2.30. The molecule has 0 atom stereocenters. The van der Waals surface area contributed by atoms with Crippen LogP contribution in [-0.4, -0.2) is 39.2 Å². The number of benzene rings is 1. The van der Waals surface area contributed by atoms with Gasteiger partial charge in [-0.3, -0.25) is 4.90 Å². The summed E-state index contributed by atoms with van der Waals surface area (Å²) in [6, 6.07) is 14.4. The molecular weight excluding hydrogens is 316 g/mol. The third kappa shape index (κ3) is 4.03. The molecule has 0 N–H and O–H groups in total. The van der Waals surface area contributed by atoms with E-state index in [9.17, 15) is 0 Å². The molecule has 3 aromatic rings. The van der Waals surface area contributed by atoms with Gasteiger partial charge in [0.05, 0.1) is 6.54 Å². The summed E-state index contributed by atoms with van der Waals surface area (Å²) >= 11 is 0. The summed E-state index contributed by atoms with van der Waals surface area (Å²) in [4.78, 5) is 10.6. The molecule has 1 fully saturated rings. The Kier molecular flexibility index (Phi) is 4.70. The predicted molar refractivity (Wildman–Crippen MR) is 92.9 cm³/mol. The van der Waals surface area contributed by atoms with E-state index in [0.717, 1.165) is 49.5 Å². The molecule has 0 radical (unpaired) electrons. The van der Waals surface area contributed by atoms with Crippen LogP contribution < -0.4 is 4.74 Å². The van der Waals surface area contributed by atoms with E-state index in [1.54, 1.807) is 18.5 Å². The number of rotatable bonds is 5. The molecule has 6 nitrogen and oxygen atoms in total. The minimum Gasteiger partial charge on any atom is -0.460 e. The normalized spacial score (nSPS) is 16.0. The fraction of sp³-hybridized carbons (Fsp3) is 0.316. The second kappa shape index (κ2) is 7.44. The summed E-state index contributed by atoms with van der Waals surface area (Å²) in [6.45, 7) is 2.69. The quantitative estimate of drug-likeness (QED) is 0.713. The van der Waals surface area contributed by atoms with E-state index in [1.165, 1.54) is 0 Å². The molecule has 25 heavy (non-hydrogen) atoms. The first-order chi connectivity index (χ1) is 12.4. The molecule has 3 heterocycles. The van der Waals surface area contributed by atoms with Crippen molar-refractivity contribution in [3.63, 3.8) is 0 Å². The van der Waals surface area contributed by atoms with Gasteiger partial charge >= 0.3 is 6.01 Å². The Morgan fingerprint density at radius 1 is 1.04 bits per heavy atom. The van der Waals surface area contributed by atoms with Gasteiger partial charge in [-0.1, -0.05) is 35.5 Å². The number of ether oxygens (including phenoxy) is 1. The van der Waals surface area contributed by atoms with Crippen LogP contribution in [0.3, 0.4) is 0 Å². The number of hydrogen-bond acceptors (Lipinski definition) is 6.